The van der Waals surface area contributed by atoms with E-state index in [-0.39, 0.29) is 0 Å². The smallest absolute Gasteiger partial charge is 0.0662 e. The molecule has 2 rings (SSSR count). The first-order chi connectivity index (χ1) is 15.8. The van der Waals surface area contributed by atoms with Gasteiger partial charge in [0.2, 0.25) is 0 Å². The van der Waals surface area contributed by atoms with Crippen LogP contribution in [0.2, 0.25) is 0 Å². The summed E-state index contributed by atoms with van der Waals surface area (Å²) in [6.45, 7) is 4.49. The van der Waals surface area contributed by atoms with E-state index in [1.807, 2.05) is 36.5 Å². The van der Waals surface area contributed by atoms with Crippen molar-refractivity contribution < 1.29 is 0 Å². The van der Waals surface area contributed by atoms with Gasteiger partial charge in [0.25, 0.3) is 0 Å². The Bertz CT molecular complexity index is 818. The van der Waals surface area contributed by atoms with Gasteiger partial charge in [-0.05, 0) is 62.3 Å². The average molecular weight is 431 g/mol. The third-order valence-corrected chi connectivity index (χ3v) is 5.63. The van der Waals surface area contributed by atoms with Gasteiger partial charge in [-0.15, -0.1) is 0 Å². The van der Waals surface area contributed by atoms with Gasteiger partial charge < -0.3 is 0 Å². The van der Waals surface area contributed by atoms with Gasteiger partial charge in [-0.25, -0.2) is 0 Å². The zero-order valence-corrected chi connectivity index (χ0v) is 20.3. The number of rotatable bonds is 16. The van der Waals surface area contributed by atoms with Crippen LogP contribution in [0.4, 0.5) is 11.4 Å². The van der Waals surface area contributed by atoms with E-state index in [9.17, 15) is 0 Å². The maximum absolute atomic E-state index is 4.84. The van der Waals surface area contributed by atoms with Crippen LogP contribution in [0.1, 0.15) is 90.0 Å². The fourth-order valence-corrected chi connectivity index (χ4v) is 3.68. The second-order valence-electron chi connectivity index (χ2n) is 8.50. The molecule has 0 saturated heterocycles. The highest BCUT2D eigenvalue weighted by molar-refractivity contribution is 6.31. The molecule has 2 aromatic rings. The molecule has 172 valence electrons. The summed E-state index contributed by atoms with van der Waals surface area (Å²) in [7, 11) is 0. The number of aryl methyl sites for hydroxylation is 1. The lowest BCUT2D eigenvalue weighted by molar-refractivity contribution is 0.611. The molecule has 0 spiro atoms. The Morgan fingerprint density at radius 3 is 2.22 bits per heavy atom. The molecule has 0 aliphatic heterocycles. The first-order valence-corrected chi connectivity index (χ1v) is 12.7. The maximum Gasteiger partial charge on any atom is 0.0662 e. The van der Waals surface area contributed by atoms with E-state index in [1.54, 1.807) is 0 Å². The Labute approximate surface area is 196 Å². The van der Waals surface area contributed by atoms with E-state index in [0.29, 0.717) is 0 Å². The molecule has 0 amide bonds. The summed E-state index contributed by atoms with van der Waals surface area (Å²) < 4.78 is 0. The lowest BCUT2D eigenvalue weighted by atomic mass is 10.1. The lowest BCUT2D eigenvalue weighted by Gasteiger charge is -2.05. The summed E-state index contributed by atoms with van der Waals surface area (Å²) in [4.78, 5) is 9.66. The van der Waals surface area contributed by atoms with Crippen molar-refractivity contribution in [2.24, 2.45) is 9.98 Å². The highest BCUT2D eigenvalue weighted by Gasteiger charge is 2.01. The number of benzene rings is 2. The summed E-state index contributed by atoms with van der Waals surface area (Å²) >= 11 is 0. The number of allylic oxidation sites excluding steroid dienone is 2. The lowest BCUT2D eigenvalue weighted by Crippen LogP contribution is -1.99. The van der Waals surface area contributed by atoms with Crippen molar-refractivity contribution in [1.29, 1.82) is 0 Å². The molecular formula is C30H42N2. The molecule has 2 heteroatoms. The molecule has 0 heterocycles. The first-order valence-electron chi connectivity index (χ1n) is 12.7. The van der Waals surface area contributed by atoms with Gasteiger partial charge in [-0.3, -0.25) is 9.98 Å². The van der Waals surface area contributed by atoms with E-state index in [2.05, 4.69) is 50.3 Å². The van der Waals surface area contributed by atoms with Gasteiger partial charge in [0.1, 0.15) is 0 Å². The highest BCUT2D eigenvalue weighted by Crippen LogP contribution is 2.21. The number of aliphatic imine (C=N–C) groups is 2. The average Bonchev–Trinajstić information content (AvgIpc) is 2.83. The molecule has 0 radical (unpaired) electrons. The molecule has 0 aliphatic rings. The molecular weight excluding hydrogens is 388 g/mol. The second-order valence-corrected chi connectivity index (χ2v) is 8.50. The maximum atomic E-state index is 4.84. The van der Waals surface area contributed by atoms with E-state index in [1.165, 1.54) is 50.5 Å². The Morgan fingerprint density at radius 2 is 1.41 bits per heavy atom. The van der Waals surface area contributed by atoms with Gasteiger partial charge in [0.05, 0.1) is 17.1 Å². The minimum atomic E-state index is 0.957. The quantitative estimate of drug-likeness (QED) is 0.144. The van der Waals surface area contributed by atoms with Crippen molar-refractivity contribution in [2.45, 2.75) is 90.9 Å². The largest absolute Gasteiger partial charge is 0.255 e. The predicted molar refractivity (Wildman–Crippen MR) is 143 cm³/mol. The SMILES string of the molecule is CCCCCCCC/C=C/CCc1ccccc1N=CC(CCCC)=Nc1ccccc1. The van der Waals surface area contributed by atoms with Crippen LogP contribution in [0, 0.1) is 0 Å². The number of para-hydroxylation sites is 2. The van der Waals surface area contributed by atoms with Crippen LogP contribution in [0.25, 0.3) is 0 Å². The molecule has 0 unspecified atom stereocenters. The third kappa shape index (κ3) is 11.2. The number of nitrogens with zero attached hydrogens (tertiary/aromatic N) is 2. The van der Waals surface area contributed by atoms with E-state index >= 15 is 0 Å². The number of hydrogen-bond donors (Lipinski definition) is 0. The van der Waals surface area contributed by atoms with Crippen LogP contribution in [0.5, 0.6) is 0 Å². The van der Waals surface area contributed by atoms with Crippen molar-refractivity contribution in [2.75, 3.05) is 0 Å². The van der Waals surface area contributed by atoms with Crippen molar-refractivity contribution in [3.63, 3.8) is 0 Å². The minimum Gasteiger partial charge on any atom is -0.255 e. The molecule has 0 saturated carbocycles. The molecule has 2 nitrogen and oxygen atoms in total. The van der Waals surface area contributed by atoms with E-state index in [0.717, 1.165) is 49.2 Å². The van der Waals surface area contributed by atoms with E-state index in [4.69, 9.17) is 9.98 Å². The zero-order chi connectivity index (χ0) is 22.7. The summed E-state index contributed by atoms with van der Waals surface area (Å²) in [5.74, 6) is 0. The summed E-state index contributed by atoms with van der Waals surface area (Å²) in [6.07, 6.45) is 21.4. The van der Waals surface area contributed by atoms with Crippen molar-refractivity contribution in [3.05, 3.63) is 72.3 Å². The van der Waals surface area contributed by atoms with Crippen LogP contribution in [-0.4, -0.2) is 11.9 Å². The first kappa shape index (κ1) is 25.8. The van der Waals surface area contributed by atoms with Gasteiger partial charge >= 0.3 is 0 Å². The van der Waals surface area contributed by atoms with Crippen LogP contribution >= 0.6 is 0 Å². The van der Waals surface area contributed by atoms with Crippen molar-refractivity contribution >= 4 is 23.3 Å². The molecule has 0 atom stereocenters. The minimum absolute atomic E-state index is 0.957. The predicted octanol–water partition coefficient (Wildman–Crippen LogP) is 9.59. The molecule has 0 bridgehead atoms. The Balaban J connectivity index is 1.89. The van der Waals surface area contributed by atoms with Crippen LogP contribution in [0.3, 0.4) is 0 Å². The summed E-state index contributed by atoms with van der Waals surface area (Å²) in [6, 6.07) is 18.7. The molecule has 2 aromatic carbocycles. The van der Waals surface area contributed by atoms with Gasteiger partial charge in [-0.1, -0.05) is 101 Å². The topological polar surface area (TPSA) is 24.7 Å². The molecule has 0 aromatic heterocycles. The number of unbranched alkanes of at least 4 members (excludes halogenated alkanes) is 7. The van der Waals surface area contributed by atoms with Crippen LogP contribution < -0.4 is 0 Å². The summed E-state index contributed by atoms with van der Waals surface area (Å²) in [5.41, 5.74) is 4.41. The van der Waals surface area contributed by atoms with Crippen LogP contribution in [-0.2, 0) is 6.42 Å². The van der Waals surface area contributed by atoms with Crippen molar-refractivity contribution in [1.82, 2.24) is 0 Å². The van der Waals surface area contributed by atoms with Crippen LogP contribution in [0.15, 0.2) is 76.7 Å². The second kappa shape index (κ2) is 17.1. The zero-order valence-electron chi connectivity index (χ0n) is 20.3. The molecule has 0 N–H and O–H groups in total. The van der Waals surface area contributed by atoms with Gasteiger partial charge in [0.15, 0.2) is 0 Å². The normalized spacial score (nSPS) is 12.2. The third-order valence-electron chi connectivity index (χ3n) is 5.63. The van der Waals surface area contributed by atoms with Gasteiger partial charge in [-0.2, -0.15) is 0 Å². The Kier molecular flexibility index (Phi) is 13.8. The monoisotopic (exact) mass is 430 g/mol. The van der Waals surface area contributed by atoms with Gasteiger partial charge in [0, 0.05) is 6.21 Å². The molecule has 0 aliphatic carbocycles. The fraction of sp³-hybridized carbons (Fsp3) is 0.467. The fourth-order valence-electron chi connectivity index (χ4n) is 3.68. The van der Waals surface area contributed by atoms with E-state index < -0.39 is 0 Å². The molecule has 0 fully saturated rings. The Hall–Kier alpha value is -2.48. The standard InChI is InChI=1S/C30H42N2/c1-3-5-7-8-9-10-11-12-13-15-20-27-21-18-19-25-30(27)31-26-29(22-6-4-2)32-28-23-16-14-17-24-28/h12-14,16-19,21,23-26H,3-11,15,20,22H2,1-2H3/b13-12+,31-26?,32-29?. The highest BCUT2D eigenvalue weighted by atomic mass is 14.8. The summed E-state index contributed by atoms with van der Waals surface area (Å²) in [5, 5.41) is 0. The Morgan fingerprint density at radius 1 is 0.719 bits per heavy atom. The van der Waals surface area contributed by atoms with Crippen molar-refractivity contribution in [3.8, 4) is 0 Å². The number of hydrogen-bond acceptors (Lipinski definition) is 2. The molecule has 32 heavy (non-hydrogen) atoms.